The number of hydrogen-bond donors (Lipinski definition) is 1. The number of rotatable bonds is 4. The Balaban J connectivity index is 1.38. The fraction of sp³-hybridized carbons (Fsp3) is 0.526. The second-order valence-corrected chi connectivity index (χ2v) is 6.98. The first-order chi connectivity index (χ1) is 12.3. The van der Waals surface area contributed by atoms with E-state index in [0.717, 1.165) is 56.8 Å². The highest BCUT2D eigenvalue weighted by Gasteiger charge is 2.27. The lowest BCUT2D eigenvalue weighted by molar-refractivity contribution is 0.150. The summed E-state index contributed by atoms with van der Waals surface area (Å²) in [4.78, 5) is 14.8. The van der Waals surface area contributed by atoms with E-state index in [4.69, 9.17) is 0 Å². The first-order valence-corrected chi connectivity index (χ1v) is 9.30. The number of fused-ring (bicyclic) bond motifs is 1. The van der Waals surface area contributed by atoms with Crippen LogP contribution in [-0.2, 0) is 25.9 Å². The monoisotopic (exact) mass is 339 g/mol. The summed E-state index contributed by atoms with van der Waals surface area (Å²) < 4.78 is 2.14. The predicted octanol–water partition coefficient (Wildman–Crippen LogP) is 2.53. The van der Waals surface area contributed by atoms with Gasteiger partial charge in [-0.25, -0.2) is 4.79 Å². The number of amides is 2. The van der Waals surface area contributed by atoms with Crippen molar-refractivity contribution in [3.8, 4) is 0 Å². The Bertz CT molecular complexity index is 727. The van der Waals surface area contributed by atoms with Crippen molar-refractivity contribution in [1.82, 2.24) is 25.0 Å². The molecule has 1 aromatic carbocycles. The Morgan fingerprint density at radius 3 is 2.88 bits per heavy atom. The van der Waals surface area contributed by atoms with Gasteiger partial charge in [0.2, 0.25) is 0 Å². The molecule has 2 amide bonds. The van der Waals surface area contributed by atoms with Gasteiger partial charge < -0.3 is 14.8 Å². The number of likely N-dealkylation sites (tertiary alicyclic amines) is 1. The summed E-state index contributed by atoms with van der Waals surface area (Å²) in [5.41, 5.74) is 1.29. The number of aromatic nitrogens is 3. The van der Waals surface area contributed by atoms with Crippen LogP contribution >= 0.6 is 0 Å². The van der Waals surface area contributed by atoms with E-state index in [0.29, 0.717) is 6.54 Å². The van der Waals surface area contributed by atoms with Crippen LogP contribution in [0.4, 0.5) is 4.79 Å². The Kier molecular flexibility index (Phi) is 4.68. The first-order valence-electron chi connectivity index (χ1n) is 9.30. The summed E-state index contributed by atoms with van der Waals surface area (Å²) in [5.74, 6) is 1.92. The van der Waals surface area contributed by atoms with E-state index in [1.54, 1.807) is 0 Å². The van der Waals surface area contributed by atoms with Crippen LogP contribution in [0.3, 0.4) is 0 Å². The van der Waals surface area contributed by atoms with Crippen molar-refractivity contribution in [3.05, 3.63) is 47.5 Å². The molecule has 1 saturated heterocycles. The number of aryl methyl sites for hydroxylation is 1. The zero-order valence-electron chi connectivity index (χ0n) is 14.5. The second kappa shape index (κ2) is 7.25. The number of urea groups is 1. The van der Waals surface area contributed by atoms with Gasteiger partial charge in [-0.1, -0.05) is 30.3 Å². The molecule has 1 fully saturated rings. The van der Waals surface area contributed by atoms with Crippen molar-refractivity contribution >= 4 is 6.03 Å². The molecule has 25 heavy (non-hydrogen) atoms. The molecule has 6 nitrogen and oxygen atoms in total. The van der Waals surface area contributed by atoms with E-state index in [2.05, 4.69) is 44.3 Å². The lowest BCUT2D eigenvalue weighted by Gasteiger charge is -2.36. The van der Waals surface area contributed by atoms with Crippen molar-refractivity contribution in [2.75, 3.05) is 6.54 Å². The molecule has 2 aliphatic heterocycles. The molecule has 1 unspecified atom stereocenters. The van der Waals surface area contributed by atoms with Gasteiger partial charge in [0.25, 0.3) is 0 Å². The normalized spacial score (nSPS) is 19.7. The molecule has 1 atom stereocenters. The summed E-state index contributed by atoms with van der Waals surface area (Å²) in [5, 5.41) is 11.5. The molecule has 2 aliphatic rings. The molecule has 6 heteroatoms. The summed E-state index contributed by atoms with van der Waals surface area (Å²) >= 11 is 0. The highest BCUT2D eigenvalue weighted by atomic mass is 16.2. The smallest absolute Gasteiger partial charge is 0.318 e. The maximum absolute atomic E-state index is 12.8. The lowest BCUT2D eigenvalue weighted by atomic mass is 9.96. The predicted molar refractivity (Wildman–Crippen MR) is 95.1 cm³/mol. The van der Waals surface area contributed by atoms with E-state index in [9.17, 15) is 4.79 Å². The second-order valence-electron chi connectivity index (χ2n) is 6.98. The van der Waals surface area contributed by atoms with Crippen LogP contribution < -0.4 is 5.32 Å². The van der Waals surface area contributed by atoms with Gasteiger partial charge in [0.05, 0.1) is 6.54 Å². The van der Waals surface area contributed by atoms with E-state index < -0.39 is 0 Å². The number of piperidine rings is 1. The van der Waals surface area contributed by atoms with Crippen LogP contribution in [0, 0.1) is 0 Å². The summed E-state index contributed by atoms with van der Waals surface area (Å²) in [6, 6.07) is 10.7. The van der Waals surface area contributed by atoms with Crippen molar-refractivity contribution in [2.45, 2.75) is 57.7 Å². The molecule has 4 rings (SSSR count). The summed E-state index contributed by atoms with van der Waals surface area (Å²) in [7, 11) is 0. The average Bonchev–Trinajstić information content (AvgIpc) is 3.25. The van der Waals surface area contributed by atoms with E-state index in [-0.39, 0.29) is 12.1 Å². The molecule has 0 spiro atoms. The van der Waals surface area contributed by atoms with Crippen LogP contribution in [0.25, 0.3) is 0 Å². The molecule has 132 valence electrons. The highest BCUT2D eigenvalue weighted by molar-refractivity contribution is 5.74. The van der Waals surface area contributed by atoms with Crippen molar-refractivity contribution in [3.63, 3.8) is 0 Å². The lowest BCUT2D eigenvalue weighted by Crippen LogP contribution is -2.49. The standard InChI is InChI=1S/C19H25N5O/c25-19(20-14-18-22-21-17-10-6-12-24(17)18)23-11-5-4-9-16(23)13-15-7-2-1-3-8-15/h1-3,7-8,16H,4-6,9-14H2,(H,20,25). The van der Waals surface area contributed by atoms with E-state index in [1.165, 1.54) is 12.0 Å². The third kappa shape index (κ3) is 3.52. The van der Waals surface area contributed by atoms with Crippen LogP contribution in [0.2, 0.25) is 0 Å². The summed E-state index contributed by atoms with van der Waals surface area (Å²) in [6.45, 7) is 2.26. The number of carbonyl (C=O) groups is 1. The molecule has 0 radical (unpaired) electrons. The third-order valence-electron chi connectivity index (χ3n) is 5.29. The first kappa shape index (κ1) is 16.1. The van der Waals surface area contributed by atoms with E-state index >= 15 is 0 Å². The minimum absolute atomic E-state index is 0.0241. The maximum Gasteiger partial charge on any atom is 0.318 e. The van der Waals surface area contributed by atoms with Gasteiger partial charge in [0, 0.05) is 25.6 Å². The number of carbonyl (C=O) groups excluding carboxylic acids is 1. The molecule has 0 saturated carbocycles. The maximum atomic E-state index is 12.8. The SMILES string of the molecule is O=C(NCc1nnc2n1CCC2)N1CCCCC1Cc1ccccc1. The average molecular weight is 339 g/mol. The van der Waals surface area contributed by atoms with Gasteiger partial charge in [-0.15, -0.1) is 10.2 Å². The Morgan fingerprint density at radius 1 is 1.12 bits per heavy atom. The van der Waals surface area contributed by atoms with E-state index in [1.807, 2.05) is 11.0 Å². The zero-order valence-corrected chi connectivity index (χ0v) is 14.5. The molecule has 0 aliphatic carbocycles. The number of benzene rings is 1. The largest absolute Gasteiger partial charge is 0.331 e. The number of nitrogens with zero attached hydrogens (tertiary/aromatic N) is 4. The fourth-order valence-corrected chi connectivity index (χ4v) is 3.96. The van der Waals surface area contributed by atoms with Crippen LogP contribution in [0.1, 0.15) is 42.9 Å². The van der Waals surface area contributed by atoms with Crippen LogP contribution in [0.5, 0.6) is 0 Å². The van der Waals surface area contributed by atoms with Crippen LogP contribution in [0.15, 0.2) is 30.3 Å². The molecular weight excluding hydrogens is 314 g/mol. The number of hydrogen-bond acceptors (Lipinski definition) is 3. The van der Waals surface area contributed by atoms with Gasteiger partial charge in [0.15, 0.2) is 5.82 Å². The fourth-order valence-electron chi connectivity index (χ4n) is 3.96. The van der Waals surface area contributed by atoms with Crippen molar-refractivity contribution in [1.29, 1.82) is 0 Å². The minimum Gasteiger partial charge on any atom is -0.331 e. The minimum atomic E-state index is 0.0241. The molecule has 3 heterocycles. The van der Waals surface area contributed by atoms with Gasteiger partial charge in [-0.3, -0.25) is 0 Å². The molecule has 1 aromatic heterocycles. The van der Waals surface area contributed by atoms with Crippen molar-refractivity contribution < 1.29 is 4.79 Å². The van der Waals surface area contributed by atoms with Gasteiger partial charge in [-0.2, -0.15) is 0 Å². The van der Waals surface area contributed by atoms with Crippen molar-refractivity contribution in [2.24, 2.45) is 0 Å². The number of nitrogens with one attached hydrogen (secondary N) is 1. The zero-order chi connectivity index (χ0) is 17.1. The highest BCUT2D eigenvalue weighted by Crippen LogP contribution is 2.21. The Labute approximate surface area is 148 Å². The molecular formula is C19H25N5O. The molecule has 2 aromatic rings. The van der Waals surface area contributed by atoms with Gasteiger partial charge in [-0.05, 0) is 37.7 Å². The quantitative estimate of drug-likeness (QED) is 0.931. The molecule has 1 N–H and O–H groups in total. The van der Waals surface area contributed by atoms with Gasteiger partial charge >= 0.3 is 6.03 Å². The van der Waals surface area contributed by atoms with Gasteiger partial charge in [0.1, 0.15) is 5.82 Å². The topological polar surface area (TPSA) is 63.1 Å². The summed E-state index contributed by atoms with van der Waals surface area (Å²) in [6.07, 6.45) is 6.39. The molecule has 0 bridgehead atoms. The third-order valence-corrected chi connectivity index (χ3v) is 5.29. The Morgan fingerprint density at radius 2 is 2.00 bits per heavy atom. The van der Waals surface area contributed by atoms with Crippen LogP contribution in [-0.4, -0.2) is 38.3 Å². The Hall–Kier alpha value is -2.37.